The van der Waals surface area contributed by atoms with Crippen LogP contribution in [0.3, 0.4) is 0 Å². The summed E-state index contributed by atoms with van der Waals surface area (Å²) < 4.78 is 11.6. The standard InChI is InChI=1S/C24H26N2O4/c27-23(28)17-29-22-12-5-4-10-19(22)16-26-13-7-6-11-21(26)24-25-15-20(30-24)14-18-8-2-1-3-9-18/h1-5,8-10,12,15,21H,6-7,11,13-14,16-17H2,(H,27,28)/t21-/m0/s1. The Kier molecular flexibility index (Phi) is 6.44. The third-order valence-electron chi connectivity index (χ3n) is 5.39. The van der Waals surface area contributed by atoms with Gasteiger partial charge >= 0.3 is 5.97 Å². The zero-order chi connectivity index (χ0) is 20.8. The molecule has 0 bridgehead atoms. The van der Waals surface area contributed by atoms with Gasteiger partial charge in [-0.3, -0.25) is 4.90 Å². The molecule has 0 saturated carbocycles. The molecule has 1 aromatic heterocycles. The minimum Gasteiger partial charge on any atom is -0.482 e. The number of hydrogen-bond donors (Lipinski definition) is 1. The lowest BCUT2D eigenvalue weighted by Gasteiger charge is -2.34. The fraction of sp³-hybridized carbons (Fsp3) is 0.333. The Morgan fingerprint density at radius 1 is 1.13 bits per heavy atom. The predicted molar refractivity (Wildman–Crippen MR) is 112 cm³/mol. The molecule has 1 atom stereocenters. The number of para-hydroxylation sites is 1. The van der Waals surface area contributed by atoms with E-state index in [1.54, 1.807) is 0 Å². The van der Waals surface area contributed by atoms with Crippen LogP contribution in [0.4, 0.5) is 0 Å². The Morgan fingerprint density at radius 2 is 1.93 bits per heavy atom. The van der Waals surface area contributed by atoms with E-state index in [-0.39, 0.29) is 12.6 Å². The smallest absolute Gasteiger partial charge is 0.341 e. The lowest BCUT2D eigenvalue weighted by molar-refractivity contribution is -0.139. The van der Waals surface area contributed by atoms with Crippen molar-refractivity contribution in [3.8, 4) is 5.75 Å². The van der Waals surface area contributed by atoms with E-state index in [4.69, 9.17) is 14.3 Å². The molecule has 1 N–H and O–H groups in total. The summed E-state index contributed by atoms with van der Waals surface area (Å²) in [7, 11) is 0. The molecule has 156 valence electrons. The van der Waals surface area contributed by atoms with Gasteiger partial charge < -0.3 is 14.3 Å². The molecular formula is C24H26N2O4. The number of likely N-dealkylation sites (tertiary alicyclic amines) is 1. The third-order valence-corrected chi connectivity index (χ3v) is 5.39. The molecule has 1 aliphatic heterocycles. The predicted octanol–water partition coefficient (Wildman–Crippen LogP) is 4.46. The monoisotopic (exact) mass is 406 g/mol. The summed E-state index contributed by atoms with van der Waals surface area (Å²) in [6.07, 6.45) is 5.80. The van der Waals surface area contributed by atoms with Crippen LogP contribution in [-0.2, 0) is 17.8 Å². The molecule has 6 nitrogen and oxygen atoms in total. The van der Waals surface area contributed by atoms with Gasteiger partial charge in [-0.1, -0.05) is 55.0 Å². The maximum Gasteiger partial charge on any atom is 0.341 e. The fourth-order valence-corrected chi connectivity index (χ4v) is 3.95. The Bertz CT molecular complexity index is 970. The molecule has 4 rings (SSSR count). The van der Waals surface area contributed by atoms with Gasteiger partial charge in [0.2, 0.25) is 5.89 Å². The van der Waals surface area contributed by atoms with E-state index in [9.17, 15) is 4.79 Å². The second-order valence-electron chi connectivity index (χ2n) is 7.60. The molecule has 3 aromatic rings. The van der Waals surface area contributed by atoms with Gasteiger partial charge in [-0.25, -0.2) is 9.78 Å². The number of aromatic nitrogens is 1. The second-order valence-corrected chi connectivity index (χ2v) is 7.60. The van der Waals surface area contributed by atoms with Crippen molar-refractivity contribution < 1.29 is 19.1 Å². The van der Waals surface area contributed by atoms with E-state index >= 15 is 0 Å². The molecule has 6 heteroatoms. The summed E-state index contributed by atoms with van der Waals surface area (Å²) in [5.74, 6) is 1.25. The molecule has 0 spiro atoms. The van der Waals surface area contributed by atoms with E-state index in [0.717, 1.165) is 49.4 Å². The third kappa shape index (κ3) is 5.07. The van der Waals surface area contributed by atoms with Gasteiger partial charge in [-0.2, -0.15) is 0 Å². The molecule has 2 aromatic carbocycles. The van der Waals surface area contributed by atoms with E-state index in [0.29, 0.717) is 12.3 Å². The van der Waals surface area contributed by atoms with Crippen LogP contribution in [0.5, 0.6) is 5.75 Å². The summed E-state index contributed by atoms with van der Waals surface area (Å²) in [6, 6.07) is 18.0. The zero-order valence-corrected chi connectivity index (χ0v) is 16.9. The van der Waals surface area contributed by atoms with Crippen LogP contribution >= 0.6 is 0 Å². The maximum absolute atomic E-state index is 10.9. The molecular weight excluding hydrogens is 380 g/mol. The van der Waals surface area contributed by atoms with Gasteiger partial charge in [-0.15, -0.1) is 0 Å². The summed E-state index contributed by atoms with van der Waals surface area (Å²) in [5.41, 5.74) is 2.17. The molecule has 1 fully saturated rings. The van der Waals surface area contributed by atoms with Gasteiger partial charge in [0, 0.05) is 18.5 Å². The molecule has 2 heterocycles. The summed E-state index contributed by atoms with van der Waals surface area (Å²) in [4.78, 5) is 17.8. The molecule has 1 aliphatic rings. The van der Waals surface area contributed by atoms with Gasteiger partial charge in [0.25, 0.3) is 0 Å². The van der Waals surface area contributed by atoms with Crippen LogP contribution in [0.1, 0.15) is 48.1 Å². The highest BCUT2D eigenvalue weighted by Crippen LogP contribution is 2.33. The Morgan fingerprint density at radius 3 is 2.77 bits per heavy atom. The minimum absolute atomic E-state index is 0.107. The number of hydrogen-bond acceptors (Lipinski definition) is 5. The van der Waals surface area contributed by atoms with Crippen LogP contribution < -0.4 is 4.74 Å². The SMILES string of the molecule is O=C(O)COc1ccccc1CN1CCCC[C@H]1c1ncc(Cc2ccccc2)o1. The highest BCUT2D eigenvalue weighted by molar-refractivity contribution is 5.68. The summed E-state index contributed by atoms with van der Waals surface area (Å²) in [5, 5.41) is 8.93. The van der Waals surface area contributed by atoms with E-state index in [2.05, 4.69) is 22.0 Å². The molecule has 0 amide bonds. The molecule has 1 saturated heterocycles. The largest absolute Gasteiger partial charge is 0.482 e. The van der Waals surface area contributed by atoms with Crippen LogP contribution in [0.15, 0.2) is 65.2 Å². The van der Waals surface area contributed by atoms with E-state index in [1.165, 1.54) is 5.56 Å². The number of rotatable bonds is 8. The van der Waals surface area contributed by atoms with Crippen molar-refractivity contribution in [2.75, 3.05) is 13.2 Å². The first kappa shape index (κ1) is 20.2. The van der Waals surface area contributed by atoms with Crippen molar-refractivity contribution in [2.24, 2.45) is 0 Å². The number of carboxylic acids is 1. The molecule has 0 unspecified atom stereocenters. The number of aliphatic carboxylic acids is 1. The fourth-order valence-electron chi connectivity index (χ4n) is 3.95. The van der Waals surface area contributed by atoms with Crippen LogP contribution in [0.2, 0.25) is 0 Å². The topological polar surface area (TPSA) is 75.8 Å². The number of oxazole rings is 1. The maximum atomic E-state index is 10.9. The lowest BCUT2D eigenvalue weighted by atomic mass is 10.0. The number of nitrogens with zero attached hydrogens (tertiary/aromatic N) is 2. The van der Waals surface area contributed by atoms with Crippen molar-refractivity contribution in [3.05, 3.63) is 83.6 Å². The molecule has 30 heavy (non-hydrogen) atoms. The van der Waals surface area contributed by atoms with Gasteiger partial charge in [0.15, 0.2) is 6.61 Å². The van der Waals surface area contributed by atoms with Crippen molar-refractivity contribution in [2.45, 2.75) is 38.3 Å². The van der Waals surface area contributed by atoms with Crippen molar-refractivity contribution >= 4 is 5.97 Å². The first-order chi connectivity index (χ1) is 14.7. The highest BCUT2D eigenvalue weighted by Gasteiger charge is 2.28. The summed E-state index contributed by atoms with van der Waals surface area (Å²) >= 11 is 0. The first-order valence-electron chi connectivity index (χ1n) is 10.3. The first-order valence-corrected chi connectivity index (χ1v) is 10.3. The van der Waals surface area contributed by atoms with Crippen LogP contribution in [0.25, 0.3) is 0 Å². The average molecular weight is 406 g/mol. The van der Waals surface area contributed by atoms with Gasteiger partial charge in [0.1, 0.15) is 11.5 Å². The van der Waals surface area contributed by atoms with Crippen LogP contribution in [-0.4, -0.2) is 34.1 Å². The summed E-state index contributed by atoms with van der Waals surface area (Å²) in [6.45, 7) is 1.26. The van der Waals surface area contributed by atoms with Gasteiger partial charge in [-0.05, 0) is 31.0 Å². The van der Waals surface area contributed by atoms with E-state index in [1.807, 2.05) is 48.7 Å². The number of carbonyl (C=O) groups is 1. The Balaban J connectivity index is 1.48. The number of carboxylic acid groups (broad SMARTS) is 1. The van der Waals surface area contributed by atoms with Crippen molar-refractivity contribution in [1.82, 2.24) is 9.88 Å². The lowest BCUT2D eigenvalue weighted by Crippen LogP contribution is -2.33. The van der Waals surface area contributed by atoms with Crippen molar-refractivity contribution in [3.63, 3.8) is 0 Å². The van der Waals surface area contributed by atoms with Crippen molar-refractivity contribution in [1.29, 1.82) is 0 Å². The molecule has 0 radical (unpaired) electrons. The van der Waals surface area contributed by atoms with E-state index < -0.39 is 5.97 Å². The normalized spacial score (nSPS) is 17.0. The number of ether oxygens (including phenoxy) is 1. The quantitative estimate of drug-likeness (QED) is 0.595. The Labute approximate surface area is 176 Å². The highest BCUT2D eigenvalue weighted by atomic mass is 16.5. The number of benzene rings is 2. The Hall–Kier alpha value is -3.12. The average Bonchev–Trinajstić information content (AvgIpc) is 3.22. The number of piperidine rings is 1. The molecule has 0 aliphatic carbocycles. The van der Waals surface area contributed by atoms with Gasteiger partial charge in [0.05, 0.1) is 12.2 Å². The second kappa shape index (κ2) is 9.59. The zero-order valence-electron chi connectivity index (χ0n) is 16.9. The van der Waals surface area contributed by atoms with Crippen LogP contribution in [0, 0.1) is 0 Å². The minimum atomic E-state index is -0.980.